The fourth-order valence-electron chi connectivity index (χ4n) is 3.31. The predicted molar refractivity (Wildman–Crippen MR) is 119 cm³/mol. The molecule has 1 fully saturated rings. The highest BCUT2D eigenvalue weighted by molar-refractivity contribution is 7.89. The third-order valence-corrected chi connectivity index (χ3v) is 7.11. The molecular formula is C20H29ClN4O6S. The van der Waals surface area contributed by atoms with Crippen LogP contribution in [-0.2, 0) is 24.4 Å². The third kappa shape index (κ3) is 8.73. The predicted octanol–water partition coefficient (Wildman–Crippen LogP) is 0.474. The van der Waals surface area contributed by atoms with Gasteiger partial charge in [0.1, 0.15) is 10.9 Å². The molecule has 178 valence electrons. The van der Waals surface area contributed by atoms with Crippen LogP contribution in [0.5, 0.6) is 0 Å². The smallest absolute Gasteiger partial charge is 0.323 e. The SMILES string of the molecule is O=C(CCC1CCNCC1)NCCC(=O)NCC(NS(=O)(=O)c1ccccc1Cl)C(=O)O. The monoisotopic (exact) mass is 488 g/mol. The molecule has 1 unspecified atom stereocenters. The van der Waals surface area contributed by atoms with Gasteiger partial charge in [-0.25, -0.2) is 8.42 Å². The number of benzene rings is 1. The molecule has 1 aliphatic rings. The van der Waals surface area contributed by atoms with Gasteiger partial charge in [-0.15, -0.1) is 0 Å². The fourth-order valence-corrected chi connectivity index (χ4v) is 5.02. The summed E-state index contributed by atoms with van der Waals surface area (Å²) in [5.74, 6) is -1.56. The lowest BCUT2D eigenvalue weighted by Crippen LogP contribution is -2.48. The Hall–Kier alpha value is -2.21. The number of carbonyl (C=O) groups is 3. The lowest BCUT2D eigenvalue weighted by atomic mass is 9.93. The van der Waals surface area contributed by atoms with E-state index in [-0.39, 0.29) is 28.8 Å². The Balaban J connectivity index is 1.73. The number of carbonyl (C=O) groups excluding carboxylic acids is 2. The molecule has 0 saturated carbocycles. The van der Waals surface area contributed by atoms with Crippen molar-refractivity contribution in [3.8, 4) is 0 Å². The topological polar surface area (TPSA) is 154 Å². The van der Waals surface area contributed by atoms with Crippen LogP contribution in [0.2, 0.25) is 5.02 Å². The lowest BCUT2D eigenvalue weighted by Gasteiger charge is -2.22. The van der Waals surface area contributed by atoms with Crippen molar-refractivity contribution in [2.45, 2.75) is 43.0 Å². The molecule has 0 aromatic heterocycles. The molecule has 0 bridgehead atoms. The zero-order valence-electron chi connectivity index (χ0n) is 17.6. The minimum absolute atomic E-state index is 0.0518. The second kappa shape index (κ2) is 12.7. The van der Waals surface area contributed by atoms with Crippen molar-refractivity contribution in [1.82, 2.24) is 20.7 Å². The van der Waals surface area contributed by atoms with Crippen molar-refractivity contribution in [1.29, 1.82) is 0 Å². The maximum Gasteiger partial charge on any atom is 0.323 e. The number of rotatable bonds is 12. The number of hydrogen-bond acceptors (Lipinski definition) is 6. The van der Waals surface area contributed by atoms with E-state index in [0.29, 0.717) is 12.3 Å². The highest BCUT2D eigenvalue weighted by Gasteiger charge is 2.27. The van der Waals surface area contributed by atoms with Crippen molar-refractivity contribution in [3.63, 3.8) is 0 Å². The molecule has 0 aliphatic carbocycles. The van der Waals surface area contributed by atoms with Crippen LogP contribution in [0.25, 0.3) is 0 Å². The van der Waals surface area contributed by atoms with E-state index in [1.165, 1.54) is 18.2 Å². The lowest BCUT2D eigenvalue weighted by molar-refractivity contribution is -0.138. The van der Waals surface area contributed by atoms with Crippen LogP contribution in [0, 0.1) is 5.92 Å². The molecule has 12 heteroatoms. The summed E-state index contributed by atoms with van der Waals surface area (Å²) in [6, 6.07) is 4.03. The van der Waals surface area contributed by atoms with Gasteiger partial charge in [0.15, 0.2) is 0 Å². The summed E-state index contributed by atoms with van der Waals surface area (Å²) in [5.41, 5.74) is 0. The van der Waals surface area contributed by atoms with Crippen LogP contribution in [0.15, 0.2) is 29.2 Å². The Morgan fingerprint density at radius 1 is 1.09 bits per heavy atom. The second-order valence-corrected chi connectivity index (χ2v) is 9.67. The number of hydrogen-bond donors (Lipinski definition) is 5. The molecule has 1 saturated heterocycles. The molecule has 2 rings (SSSR count). The largest absolute Gasteiger partial charge is 0.480 e. The molecule has 0 radical (unpaired) electrons. The number of amides is 2. The quantitative estimate of drug-likeness (QED) is 0.286. The number of halogens is 1. The molecule has 1 aliphatic heterocycles. The fraction of sp³-hybridized carbons (Fsp3) is 0.550. The minimum atomic E-state index is -4.20. The van der Waals surface area contributed by atoms with E-state index in [4.69, 9.17) is 11.6 Å². The molecule has 1 aromatic carbocycles. The van der Waals surface area contributed by atoms with Gasteiger partial charge in [-0.05, 0) is 50.4 Å². The first-order valence-electron chi connectivity index (χ1n) is 10.4. The molecule has 1 atom stereocenters. The van der Waals surface area contributed by atoms with E-state index < -0.39 is 34.5 Å². The number of sulfonamides is 1. The second-order valence-electron chi connectivity index (χ2n) is 7.58. The first kappa shape index (κ1) is 26.0. The number of piperidine rings is 1. The minimum Gasteiger partial charge on any atom is -0.480 e. The van der Waals surface area contributed by atoms with Crippen molar-refractivity contribution >= 4 is 39.4 Å². The van der Waals surface area contributed by atoms with E-state index in [0.717, 1.165) is 32.4 Å². The van der Waals surface area contributed by atoms with Crippen molar-refractivity contribution < 1.29 is 27.9 Å². The Labute approximate surface area is 192 Å². The first-order chi connectivity index (χ1) is 15.2. The highest BCUT2D eigenvalue weighted by Crippen LogP contribution is 2.20. The van der Waals surface area contributed by atoms with Gasteiger partial charge in [-0.2, -0.15) is 4.72 Å². The summed E-state index contributed by atoms with van der Waals surface area (Å²) in [6.45, 7) is 1.60. The zero-order chi connectivity index (χ0) is 23.6. The van der Waals surface area contributed by atoms with Gasteiger partial charge in [-0.3, -0.25) is 14.4 Å². The van der Waals surface area contributed by atoms with Crippen molar-refractivity contribution in [3.05, 3.63) is 29.3 Å². The number of aliphatic carboxylic acids is 1. The van der Waals surface area contributed by atoms with E-state index in [2.05, 4.69) is 16.0 Å². The van der Waals surface area contributed by atoms with Crippen LogP contribution < -0.4 is 20.7 Å². The number of nitrogens with one attached hydrogen (secondary N) is 4. The Bertz CT molecular complexity index is 905. The van der Waals surface area contributed by atoms with E-state index >= 15 is 0 Å². The van der Waals surface area contributed by atoms with E-state index in [1.807, 2.05) is 4.72 Å². The zero-order valence-corrected chi connectivity index (χ0v) is 19.2. The summed E-state index contributed by atoms with van der Waals surface area (Å²) in [6.07, 6.45) is 3.27. The van der Waals surface area contributed by atoms with Crippen molar-refractivity contribution in [2.24, 2.45) is 5.92 Å². The number of carboxylic acids is 1. The Kier molecular flexibility index (Phi) is 10.4. The van der Waals surface area contributed by atoms with Gasteiger partial charge < -0.3 is 21.1 Å². The molecule has 1 aromatic rings. The Morgan fingerprint density at radius 2 is 1.75 bits per heavy atom. The molecule has 2 amide bonds. The summed E-state index contributed by atoms with van der Waals surface area (Å²) >= 11 is 5.87. The number of carboxylic acid groups (broad SMARTS) is 1. The van der Waals surface area contributed by atoms with E-state index in [1.54, 1.807) is 6.07 Å². The summed E-state index contributed by atoms with van der Waals surface area (Å²) in [4.78, 5) is 35.1. The maximum atomic E-state index is 12.4. The van der Waals surface area contributed by atoms with Crippen LogP contribution in [0.4, 0.5) is 0 Å². The summed E-state index contributed by atoms with van der Waals surface area (Å²) < 4.78 is 26.9. The van der Waals surface area contributed by atoms with E-state index in [9.17, 15) is 27.9 Å². The molecule has 32 heavy (non-hydrogen) atoms. The van der Waals surface area contributed by atoms with Gasteiger partial charge in [0.25, 0.3) is 0 Å². The average molecular weight is 489 g/mol. The maximum absolute atomic E-state index is 12.4. The summed E-state index contributed by atoms with van der Waals surface area (Å²) in [7, 11) is -4.20. The highest BCUT2D eigenvalue weighted by atomic mass is 35.5. The van der Waals surface area contributed by atoms with Crippen LogP contribution >= 0.6 is 11.6 Å². The van der Waals surface area contributed by atoms with Crippen molar-refractivity contribution in [2.75, 3.05) is 26.2 Å². The molecule has 1 heterocycles. The van der Waals surface area contributed by atoms with Crippen LogP contribution in [0.1, 0.15) is 32.1 Å². The van der Waals surface area contributed by atoms with Gasteiger partial charge in [-0.1, -0.05) is 23.7 Å². The third-order valence-electron chi connectivity index (χ3n) is 5.14. The van der Waals surface area contributed by atoms with Gasteiger partial charge in [0, 0.05) is 25.9 Å². The van der Waals surface area contributed by atoms with Gasteiger partial charge >= 0.3 is 5.97 Å². The molecule has 0 spiro atoms. The van der Waals surface area contributed by atoms with Crippen LogP contribution in [0.3, 0.4) is 0 Å². The molecular weight excluding hydrogens is 460 g/mol. The standard InChI is InChI=1S/C20H29ClN4O6S/c21-15-3-1-2-4-17(15)32(30,31)25-16(20(28)29)13-24-19(27)9-12-23-18(26)6-5-14-7-10-22-11-8-14/h1-4,14,16,22,25H,5-13H2,(H,23,26)(H,24,27)(H,28,29). The molecule has 10 nitrogen and oxygen atoms in total. The van der Waals surface area contributed by atoms with Crippen LogP contribution in [-0.4, -0.2) is 63.5 Å². The average Bonchev–Trinajstić information content (AvgIpc) is 2.76. The van der Waals surface area contributed by atoms with Gasteiger partial charge in [0.2, 0.25) is 21.8 Å². The van der Waals surface area contributed by atoms with Gasteiger partial charge in [0.05, 0.1) is 5.02 Å². The summed E-state index contributed by atoms with van der Waals surface area (Å²) in [5, 5.41) is 17.6. The normalized spacial score (nSPS) is 15.7. The Morgan fingerprint density at radius 3 is 2.41 bits per heavy atom. The first-order valence-corrected chi connectivity index (χ1v) is 12.3. The molecule has 5 N–H and O–H groups in total.